The average molecular weight is 1950 g/mol. The van der Waals surface area contributed by atoms with Crippen LogP contribution in [-0.4, -0.2) is 205 Å². The van der Waals surface area contributed by atoms with Gasteiger partial charge in [0, 0.05) is 95.9 Å². The van der Waals surface area contributed by atoms with Gasteiger partial charge in [0.25, 0.3) is 0 Å². The Labute approximate surface area is 848 Å². The first-order chi connectivity index (χ1) is 70.1. The van der Waals surface area contributed by atoms with Crippen LogP contribution >= 0.6 is 23.2 Å². The van der Waals surface area contributed by atoms with Gasteiger partial charge in [-0.15, -0.1) is 0 Å². The number of likely N-dealkylation sites (N-methyl/N-ethyl adjacent to an activating group) is 1. The van der Waals surface area contributed by atoms with Crippen molar-refractivity contribution in [2.24, 2.45) is 5.92 Å². The molecular weight excluding hydrogens is 1820 g/mol. The van der Waals surface area contributed by atoms with Crippen molar-refractivity contribution in [1.82, 2.24) is 107 Å². The fourth-order valence-corrected chi connectivity index (χ4v) is 20.2. The van der Waals surface area contributed by atoms with E-state index in [9.17, 15) is 4.79 Å². The zero-order chi connectivity index (χ0) is 97.8. The Balaban J connectivity index is 0.000000121. The number of fused-ring (bicyclic) bond motifs is 4. The summed E-state index contributed by atoms with van der Waals surface area (Å²) in [6, 6.07) is 82.9. The summed E-state index contributed by atoms with van der Waals surface area (Å²) in [6.07, 6.45) is 33.4. The molecule has 0 spiro atoms. The first-order valence-electron chi connectivity index (χ1n) is 51.2. The standard InChI is InChI=1S/2C30H31ClN6.C28H36N6.C28H31N5O2/c31-27-8-3-6-25(18-27)21-36-22-26(20-32-36)28-9-4-10-30-33-29(34-37(28)30)19-24-13-11-23(12-14-24)7-5-17-35-15-1-2-16-35;31-27-9-2-1-8-25(27)21-36-22-26(20-32-36)28-10-5-11-30-33-29(34-37(28)30)19-24-14-12-23(13-15-24)7-6-18-35-16-3-4-17-35;1-22(2)14-18-33-21-25(20-29-33)26-8-5-9-28-30-27(31-34(26)28)19-24-12-10-23(11-13-24)7-6-17-32-15-3-4-16-32;1-20(32-17-4-5-18-32)28(34)31(2)23-13-9-21(10-14-23)19-26-29-27-8-6-7-25(33(27)30-26)22-11-15-24(35-3)16-12-22/h3-4,6,8-14,18,20,22H,1-2,5,7,15-17,19,21H2;1-2,5,8-15,20,22H,3-4,6-7,16-19,21H2;5,8-13,20-22H,3-4,6-7,14-19H2,1-2H3;6-16,20H,4-5,17-19H2,1-3H3. The predicted molar refractivity (Wildman–Crippen MR) is 571 cm³/mol. The number of nitrogens with zero attached hydrogens (tertiary/aromatic N) is 23. The lowest BCUT2D eigenvalue weighted by Gasteiger charge is -2.27. The van der Waals surface area contributed by atoms with Crippen LogP contribution in [0.4, 0.5) is 5.69 Å². The van der Waals surface area contributed by atoms with Gasteiger partial charge in [0.1, 0.15) is 5.75 Å². The van der Waals surface area contributed by atoms with E-state index in [1.807, 2.05) is 211 Å². The third-order valence-electron chi connectivity index (χ3n) is 27.9. The van der Waals surface area contributed by atoms with Crippen molar-refractivity contribution in [3.8, 4) is 50.8 Å². The number of benzene rings is 7. The van der Waals surface area contributed by atoms with Crippen molar-refractivity contribution >= 4 is 57.4 Å². The molecule has 1 atom stereocenters. The zero-order valence-corrected chi connectivity index (χ0v) is 84.4. The number of aromatic nitrogens is 18. The molecule has 25 nitrogen and oxygen atoms in total. The number of pyridine rings is 4. The number of likely N-dealkylation sites (tertiary alicyclic amines) is 4. The molecule has 18 aromatic rings. The fraction of sp³-hybridized carbons (Fsp3) is 0.345. The quantitative estimate of drug-likeness (QED) is 0.0361. The maximum atomic E-state index is 12.9. The van der Waals surface area contributed by atoms with Crippen LogP contribution in [0.15, 0.2) is 280 Å². The van der Waals surface area contributed by atoms with Crippen molar-refractivity contribution in [3.63, 3.8) is 0 Å². The van der Waals surface area contributed by atoms with E-state index >= 15 is 0 Å². The summed E-state index contributed by atoms with van der Waals surface area (Å²) in [6.45, 7) is 22.0. The lowest BCUT2D eigenvalue weighted by molar-refractivity contribution is -0.122. The number of carbonyl (C=O) groups is 1. The van der Waals surface area contributed by atoms with E-state index < -0.39 is 0 Å². The van der Waals surface area contributed by atoms with Gasteiger partial charge in [0.05, 0.1) is 67.6 Å². The molecule has 1 amide bonds. The molecule has 143 heavy (non-hydrogen) atoms. The maximum absolute atomic E-state index is 12.9. The molecule has 0 N–H and O–H groups in total. The number of hydrogen-bond acceptors (Lipinski definition) is 17. The number of methoxy groups -OCH3 is 1. The zero-order valence-electron chi connectivity index (χ0n) is 82.9. The van der Waals surface area contributed by atoms with E-state index in [0.717, 1.165) is 181 Å². The smallest absolute Gasteiger partial charge is 0.243 e. The van der Waals surface area contributed by atoms with Gasteiger partial charge < -0.3 is 24.3 Å². The molecule has 4 aliphatic rings. The lowest BCUT2D eigenvalue weighted by Crippen LogP contribution is -2.44. The number of rotatable bonds is 35. The predicted octanol–water partition coefficient (Wildman–Crippen LogP) is 21.5. The third kappa shape index (κ3) is 25.9. The molecule has 22 rings (SSSR count). The second-order valence-corrected chi connectivity index (χ2v) is 39.8. The van der Waals surface area contributed by atoms with Crippen LogP contribution in [0.25, 0.3) is 67.6 Å². The molecule has 0 bridgehead atoms. The topological polar surface area (TPSA) is 217 Å². The lowest BCUT2D eigenvalue weighted by atomic mass is 10.1. The van der Waals surface area contributed by atoms with E-state index in [2.05, 4.69) is 164 Å². The van der Waals surface area contributed by atoms with E-state index in [-0.39, 0.29) is 11.9 Å². The number of carbonyl (C=O) groups excluding carboxylic acids is 1. The molecule has 11 aromatic heterocycles. The van der Waals surface area contributed by atoms with Gasteiger partial charge in [-0.25, -0.2) is 38.0 Å². The highest BCUT2D eigenvalue weighted by atomic mass is 35.5. The number of ether oxygens (including phenoxy) is 1. The van der Waals surface area contributed by atoms with Crippen LogP contribution in [0.5, 0.6) is 5.75 Å². The highest BCUT2D eigenvalue weighted by molar-refractivity contribution is 6.31. The van der Waals surface area contributed by atoms with Crippen LogP contribution in [-0.2, 0) is 69.4 Å². The number of hydrogen-bond donors (Lipinski definition) is 0. The first kappa shape index (κ1) is 98.1. The van der Waals surface area contributed by atoms with Crippen LogP contribution < -0.4 is 9.64 Å². The molecule has 0 radical (unpaired) electrons. The van der Waals surface area contributed by atoms with Crippen LogP contribution in [0.3, 0.4) is 0 Å². The van der Waals surface area contributed by atoms with Gasteiger partial charge in [-0.2, -0.15) is 35.7 Å². The van der Waals surface area contributed by atoms with Crippen LogP contribution in [0.1, 0.15) is 171 Å². The van der Waals surface area contributed by atoms with Crippen molar-refractivity contribution in [2.75, 3.05) is 91.0 Å². The SMILES string of the molecule is CC(C)CCn1cc(-c2cccc3nc(Cc4ccc(CCCN5CCCC5)cc4)nn23)cn1.COc1ccc(-c2cccc3nc(Cc4ccc(N(C)C(=O)C(C)N5CCCC5)cc4)nn23)cc1.Clc1cccc(Cn2cc(-c3cccc4nc(Cc5ccc(CCCN6CCCC6)cc5)nn34)cn2)c1.Clc1ccccc1Cn1cc(-c2cccc3nc(Cc4ccc(CCCN5CCCC5)cc4)nn23)cn1. The largest absolute Gasteiger partial charge is 0.497 e. The van der Waals surface area contributed by atoms with Gasteiger partial charge in [-0.1, -0.05) is 177 Å². The Morgan fingerprint density at radius 3 is 1.13 bits per heavy atom. The van der Waals surface area contributed by atoms with Crippen molar-refractivity contribution in [3.05, 3.63) is 363 Å². The Morgan fingerprint density at radius 1 is 0.371 bits per heavy atom. The second kappa shape index (κ2) is 47.5. The number of halogens is 2. The fourth-order valence-electron chi connectivity index (χ4n) is 19.8. The Hall–Kier alpha value is -13.7. The molecule has 15 heterocycles. The second-order valence-electron chi connectivity index (χ2n) is 38.9. The first-order valence-corrected chi connectivity index (χ1v) is 51.9. The van der Waals surface area contributed by atoms with E-state index in [1.54, 1.807) is 12.0 Å². The highest BCUT2D eigenvalue weighted by Crippen LogP contribution is 2.31. The Kier molecular flexibility index (Phi) is 32.6. The summed E-state index contributed by atoms with van der Waals surface area (Å²) in [5, 5.41) is 34.5. The number of aryl methyl sites for hydroxylation is 4. The molecule has 0 aliphatic carbocycles. The van der Waals surface area contributed by atoms with Crippen molar-refractivity contribution < 1.29 is 9.53 Å². The summed E-state index contributed by atoms with van der Waals surface area (Å²) in [7, 11) is 3.52. The molecule has 1 unspecified atom stereocenters. The number of anilines is 1. The van der Waals surface area contributed by atoms with Gasteiger partial charge in [0.15, 0.2) is 45.9 Å². The molecule has 7 aromatic carbocycles. The Bertz CT molecular complexity index is 7170. The van der Waals surface area contributed by atoms with Crippen molar-refractivity contribution in [2.45, 2.75) is 168 Å². The summed E-state index contributed by atoms with van der Waals surface area (Å²) < 4.78 is 18.8. The third-order valence-corrected chi connectivity index (χ3v) is 28.5. The summed E-state index contributed by atoms with van der Waals surface area (Å²) >= 11 is 12.5. The molecule has 734 valence electrons. The van der Waals surface area contributed by atoms with Gasteiger partial charge in [-0.05, 0) is 334 Å². The average Bonchev–Trinajstić information content (AvgIpc) is 1.66. The van der Waals surface area contributed by atoms with Gasteiger partial charge in [-0.3, -0.25) is 23.7 Å². The minimum atomic E-state index is -0.0933. The summed E-state index contributed by atoms with van der Waals surface area (Å²) in [5.74, 6) is 4.86. The minimum absolute atomic E-state index is 0.0933. The van der Waals surface area contributed by atoms with Crippen LogP contribution in [0, 0.1) is 5.92 Å². The molecule has 0 saturated carbocycles. The van der Waals surface area contributed by atoms with Crippen LogP contribution in [0.2, 0.25) is 10.0 Å². The molecule has 4 aliphatic heterocycles. The van der Waals surface area contributed by atoms with E-state index in [4.69, 9.17) is 68.3 Å². The highest BCUT2D eigenvalue weighted by Gasteiger charge is 2.28. The van der Waals surface area contributed by atoms with Gasteiger partial charge in [0.2, 0.25) is 5.91 Å². The van der Waals surface area contributed by atoms with Gasteiger partial charge >= 0.3 is 0 Å². The Morgan fingerprint density at radius 2 is 0.734 bits per heavy atom. The maximum Gasteiger partial charge on any atom is 0.243 e. The number of amides is 1. The minimum Gasteiger partial charge on any atom is -0.497 e. The summed E-state index contributed by atoms with van der Waals surface area (Å²) in [5.41, 5.74) is 23.5. The molecule has 4 fully saturated rings. The van der Waals surface area contributed by atoms with E-state index in [0.29, 0.717) is 38.3 Å². The van der Waals surface area contributed by atoms with E-state index in [1.165, 1.54) is 163 Å². The van der Waals surface area contributed by atoms with Crippen molar-refractivity contribution in [1.29, 1.82) is 0 Å². The molecule has 27 heteroatoms. The monoisotopic (exact) mass is 1950 g/mol. The molecular formula is C116H129Cl2N23O2. The summed E-state index contributed by atoms with van der Waals surface area (Å²) in [4.78, 5) is 43.9. The molecule has 4 saturated heterocycles. The normalized spacial score (nSPS) is 14.4.